The van der Waals surface area contributed by atoms with E-state index in [0.29, 0.717) is 12.4 Å². The fourth-order valence-corrected chi connectivity index (χ4v) is 2.02. The summed E-state index contributed by atoms with van der Waals surface area (Å²) in [5, 5.41) is 1.13. The molecule has 0 aliphatic heterocycles. The molecule has 0 atom stereocenters. The summed E-state index contributed by atoms with van der Waals surface area (Å²) >= 11 is 5.90. The quantitative estimate of drug-likeness (QED) is 0.740. The van der Waals surface area contributed by atoms with Gasteiger partial charge in [-0.3, -0.25) is 4.98 Å². The van der Waals surface area contributed by atoms with Crippen LogP contribution in [-0.2, 0) is 0 Å². The average molecular weight is 287 g/mol. The lowest BCUT2D eigenvalue weighted by atomic mass is 10.1. The van der Waals surface area contributed by atoms with Crippen molar-refractivity contribution in [3.05, 3.63) is 41.8 Å². The summed E-state index contributed by atoms with van der Waals surface area (Å²) in [6.45, 7) is 2.33. The number of ether oxygens (including phenoxy) is 1. The summed E-state index contributed by atoms with van der Waals surface area (Å²) in [7, 11) is 0. The minimum absolute atomic E-state index is 0.115. The summed E-state index contributed by atoms with van der Waals surface area (Å²) in [4.78, 5) is 16.6. The first-order valence-corrected chi connectivity index (χ1v) is 6.53. The Hall–Kier alpha value is -2.27. The Morgan fingerprint density at radius 1 is 1.15 bits per heavy atom. The Morgan fingerprint density at radius 2 is 2.05 bits per heavy atom. The lowest BCUT2D eigenvalue weighted by Crippen LogP contribution is -2.01. The van der Waals surface area contributed by atoms with Crippen molar-refractivity contribution in [3.63, 3.8) is 0 Å². The van der Waals surface area contributed by atoms with Crippen LogP contribution < -0.4 is 4.74 Å². The van der Waals surface area contributed by atoms with Crippen LogP contribution in [-0.4, -0.2) is 26.5 Å². The van der Waals surface area contributed by atoms with Gasteiger partial charge in [0, 0.05) is 17.1 Å². The van der Waals surface area contributed by atoms with Gasteiger partial charge in [0.05, 0.1) is 12.1 Å². The molecule has 0 spiro atoms. The molecule has 0 amide bonds. The van der Waals surface area contributed by atoms with Crippen LogP contribution in [0.1, 0.15) is 6.92 Å². The third kappa shape index (κ3) is 2.53. The van der Waals surface area contributed by atoms with Crippen LogP contribution in [0.4, 0.5) is 0 Å². The highest BCUT2D eigenvalue weighted by Gasteiger charge is 2.08. The second-order valence-corrected chi connectivity index (χ2v) is 4.39. The maximum Gasteiger partial charge on any atom is 0.321 e. The molecule has 3 aromatic rings. The van der Waals surface area contributed by atoms with E-state index in [-0.39, 0.29) is 11.3 Å². The first kappa shape index (κ1) is 12.7. The van der Waals surface area contributed by atoms with Gasteiger partial charge in [0.25, 0.3) is 0 Å². The zero-order chi connectivity index (χ0) is 13.9. The fraction of sp³-hybridized carbons (Fsp3) is 0.143. The van der Waals surface area contributed by atoms with E-state index in [1.54, 1.807) is 6.20 Å². The standard InChI is InChI=1S/C14H11ClN4O/c1-2-20-14-18-12(17-13(15)19-14)10-5-6-11-9(8-10)4-3-7-16-11/h3-8H,2H2,1H3. The van der Waals surface area contributed by atoms with Crippen molar-refractivity contribution in [2.75, 3.05) is 6.61 Å². The SMILES string of the molecule is CCOc1nc(Cl)nc(-c2ccc3ncccc3c2)n1. The summed E-state index contributed by atoms with van der Waals surface area (Å²) in [6.07, 6.45) is 1.76. The first-order chi connectivity index (χ1) is 9.76. The number of aromatic nitrogens is 4. The number of hydrogen-bond acceptors (Lipinski definition) is 5. The average Bonchev–Trinajstić information content (AvgIpc) is 2.46. The number of fused-ring (bicyclic) bond motifs is 1. The van der Waals surface area contributed by atoms with E-state index in [4.69, 9.17) is 16.3 Å². The van der Waals surface area contributed by atoms with E-state index in [1.165, 1.54) is 0 Å². The minimum atomic E-state index is 0.115. The van der Waals surface area contributed by atoms with Crippen molar-refractivity contribution in [2.45, 2.75) is 6.92 Å². The molecule has 0 radical (unpaired) electrons. The maximum atomic E-state index is 5.90. The van der Waals surface area contributed by atoms with Crippen molar-refractivity contribution >= 4 is 22.5 Å². The Bertz CT molecular complexity index is 763. The lowest BCUT2D eigenvalue weighted by Gasteiger charge is -2.05. The molecule has 5 nitrogen and oxygen atoms in total. The van der Waals surface area contributed by atoms with Crippen molar-refractivity contribution in [1.29, 1.82) is 0 Å². The summed E-state index contributed by atoms with van der Waals surface area (Å²) in [5.41, 5.74) is 1.76. The second kappa shape index (κ2) is 5.38. The molecule has 1 aromatic carbocycles. The van der Waals surface area contributed by atoms with Crippen LogP contribution >= 0.6 is 11.6 Å². The van der Waals surface area contributed by atoms with Crippen molar-refractivity contribution in [2.24, 2.45) is 0 Å². The van der Waals surface area contributed by atoms with Crippen LogP contribution in [0, 0.1) is 0 Å². The minimum Gasteiger partial charge on any atom is -0.464 e. The molecule has 0 bridgehead atoms. The maximum absolute atomic E-state index is 5.90. The fourth-order valence-electron chi connectivity index (χ4n) is 1.87. The van der Waals surface area contributed by atoms with E-state index >= 15 is 0 Å². The van der Waals surface area contributed by atoms with Crippen molar-refractivity contribution in [1.82, 2.24) is 19.9 Å². The molecule has 0 saturated heterocycles. The number of benzene rings is 1. The summed E-state index contributed by atoms with van der Waals surface area (Å²) in [6, 6.07) is 9.88. The predicted octanol–water partition coefficient (Wildman–Crippen LogP) is 3.14. The molecule has 100 valence electrons. The summed E-state index contributed by atoms with van der Waals surface area (Å²) < 4.78 is 5.28. The number of rotatable bonds is 3. The summed E-state index contributed by atoms with van der Waals surface area (Å²) in [5.74, 6) is 0.485. The van der Waals surface area contributed by atoms with Crippen molar-refractivity contribution < 1.29 is 4.74 Å². The van der Waals surface area contributed by atoms with Crippen molar-refractivity contribution in [3.8, 4) is 17.4 Å². The largest absolute Gasteiger partial charge is 0.464 e. The van der Waals surface area contributed by atoms with Gasteiger partial charge in [0.1, 0.15) is 0 Å². The van der Waals surface area contributed by atoms with Gasteiger partial charge in [-0.15, -0.1) is 0 Å². The molecule has 2 heterocycles. The van der Waals surface area contributed by atoms with Gasteiger partial charge in [-0.05, 0) is 42.8 Å². The van der Waals surface area contributed by atoms with Gasteiger partial charge in [0.2, 0.25) is 5.28 Å². The van der Waals surface area contributed by atoms with E-state index in [2.05, 4.69) is 19.9 Å². The van der Waals surface area contributed by atoms with Crippen LogP contribution in [0.15, 0.2) is 36.5 Å². The smallest absolute Gasteiger partial charge is 0.321 e. The molecular formula is C14H11ClN4O. The molecule has 6 heteroatoms. The van der Waals surface area contributed by atoms with Gasteiger partial charge < -0.3 is 4.74 Å². The zero-order valence-electron chi connectivity index (χ0n) is 10.7. The Morgan fingerprint density at radius 3 is 2.90 bits per heavy atom. The van der Waals surface area contributed by atoms with Gasteiger partial charge in [-0.25, -0.2) is 0 Å². The molecule has 0 aliphatic rings. The van der Waals surface area contributed by atoms with E-state index in [9.17, 15) is 0 Å². The molecule has 0 N–H and O–H groups in total. The first-order valence-electron chi connectivity index (χ1n) is 6.16. The topological polar surface area (TPSA) is 60.8 Å². The van der Waals surface area contributed by atoms with Gasteiger partial charge in [-0.2, -0.15) is 15.0 Å². The predicted molar refractivity (Wildman–Crippen MR) is 76.7 cm³/mol. The van der Waals surface area contributed by atoms with Crippen LogP contribution in [0.3, 0.4) is 0 Å². The molecule has 2 aromatic heterocycles. The second-order valence-electron chi connectivity index (χ2n) is 4.05. The highest BCUT2D eigenvalue weighted by Crippen LogP contribution is 2.22. The number of hydrogen-bond donors (Lipinski definition) is 0. The van der Waals surface area contributed by atoms with Gasteiger partial charge >= 0.3 is 6.01 Å². The van der Waals surface area contributed by atoms with Crippen LogP contribution in [0.5, 0.6) is 6.01 Å². The molecule has 0 aliphatic carbocycles. The molecule has 0 saturated carbocycles. The highest BCUT2D eigenvalue weighted by molar-refractivity contribution is 6.28. The molecular weight excluding hydrogens is 276 g/mol. The monoisotopic (exact) mass is 286 g/mol. The van der Waals surface area contributed by atoms with E-state index in [1.807, 2.05) is 37.3 Å². The van der Waals surface area contributed by atoms with Gasteiger partial charge in [-0.1, -0.05) is 6.07 Å². The molecule has 0 fully saturated rings. The molecule has 0 unspecified atom stereocenters. The van der Waals surface area contributed by atoms with E-state index < -0.39 is 0 Å². The third-order valence-electron chi connectivity index (χ3n) is 2.72. The Kier molecular flexibility index (Phi) is 3.43. The van der Waals surface area contributed by atoms with Crippen LogP contribution in [0.25, 0.3) is 22.3 Å². The lowest BCUT2D eigenvalue weighted by molar-refractivity contribution is 0.312. The normalized spacial score (nSPS) is 10.7. The number of nitrogens with zero attached hydrogens (tertiary/aromatic N) is 4. The number of pyridine rings is 1. The Labute approximate surface area is 120 Å². The van der Waals surface area contributed by atoms with Gasteiger partial charge in [0.15, 0.2) is 5.82 Å². The Balaban J connectivity index is 2.10. The number of halogens is 1. The van der Waals surface area contributed by atoms with E-state index in [0.717, 1.165) is 16.5 Å². The molecule has 3 rings (SSSR count). The van der Waals surface area contributed by atoms with Crippen LogP contribution in [0.2, 0.25) is 5.28 Å². The third-order valence-corrected chi connectivity index (χ3v) is 2.89. The molecule has 20 heavy (non-hydrogen) atoms. The zero-order valence-corrected chi connectivity index (χ0v) is 11.5. The highest BCUT2D eigenvalue weighted by atomic mass is 35.5.